The summed E-state index contributed by atoms with van der Waals surface area (Å²) in [5, 5.41) is 3.52. The summed E-state index contributed by atoms with van der Waals surface area (Å²) in [6.45, 7) is 14.3. The minimum absolute atomic E-state index is 0.617. The van der Waals surface area contributed by atoms with Gasteiger partial charge in [0.1, 0.15) is 0 Å². The third-order valence-corrected chi connectivity index (χ3v) is 3.32. The lowest BCUT2D eigenvalue weighted by Crippen LogP contribution is -2.41. The molecule has 2 nitrogen and oxygen atoms in total. The largest absolute Gasteiger partial charge is 0.311 e. The average molecular weight is 248 g/mol. The predicted octanol–water partition coefficient (Wildman–Crippen LogP) is 3.20. The lowest BCUT2D eigenvalue weighted by atomic mass is 10.1. The van der Waals surface area contributed by atoms with Gasteiger partial charge in [0, 0.05) is 31.7 Å². The molecule has 2 heteroatoms. The van der Waals surface area contributed by atoms with Gasteiger partial charge in [-0.05, 0) is 40.2 Å². The van der Waals surface area contributed by atoms with Crippen LogP contribution in [-0.4, -0.2) is 30.1 Å². The fourth-order valence-corrected chi connectivity index (χ4v) is 2.26. The van der Waals surface area contributed by atoms with Crippen LogP contribution in [0.15, 0.2) is 24.3 Å². The molecule has 0 aromatic heterocycles. The van der Waals surface area contributed by atoms with Crippen molar-refractivity contribution in [3.8, 4) is 0 Å². The van der Waals surface area contributed by atoms with Gasteiger partial charge in [-0.3, -0.25) is 4.90 Å². The number of nitrogens with zero attached hydrogens (tertiary/aromatic N) is 1. The maximum Gasteiger partial charge on any atom is 0.0206 e. The zero-order valence-electron chi connectivity index (χ0n) is 12.5. The molecule has 1 N–H and O–H groups in total. The van der Waals surface area contributed by atoms with E-state index in [1.165, 1.54) is 11.1 Å². The molecule has 0 heterocycles. The topological polar surface area (TPSA) is 15.3 Å². The molecule has 0 atom stereocenters. The molecule has 0 aliphatic heterocycles. The van der Waals surface area contributed by atoms with Crippen LogP contribution < -0.4 is 5.32 Å². The van der Waals surface area contributed by atoms with Crippen molar-refractivity contribution in [3.63, 3.8) is 0 Å². The van der Waals surface area contributed by atoms with Crippen molar-refractivity contribution in [1.82, 2.24) is 10.2 Å². The van der Waals surface area contributed by atoms with Crippen LogP contribution in [0.5, 0.6) is 0 Å². The quantitative estimate of drug-likeness (QED) is 0.745. The molecular weight excluding hydrogens is 220 g/mol. The second kappa shape index (κ2) is 7.55. The molecule has 0 aliphatic rings. The third-order valence-electron chi connectivity index (χ3n) is 3.32. The Hall–Kier alpha value is -0.860. The first-order chi connectivity index (χ1) is 8.50. The van der Waals surface area contributed by atoms with Crippen LogP contribution in [0.4, 0.5) is 0 Å². The first-order valence-corrected chi connectivity index (χ1v) is 7.02. The molecule has 1 aromatic rings. The molecule has 0 unspecified atom stereocenters. The maximum absolute atomic E-state index is 3.52. The molecule has 0 radical (unpaired) electrons. The number of aryl methyl sites for hydroxylation is 1. The van der Waals surface area contributed by atoms with Crippen LogP contribution in [0.3, 0.4) is 0 Å². The average Bonchev–Trinajstić information content (AvgIpc) is 2.30. The zero-order chi connectivity index (χ0) is 13.5. The number of hydrogen-bond acceptors (Lipinski definition) is 2. The summed E-state index contributed by atoms with van der Waals surface area (Å²) in [4.78, 5) is 2.52. The number of hydrogen-bond donors (Lipinski definition) is 1. The second-order valence-corrected chi connectivity index (χ2v) is 5.59. The zero-order valence-corrected chi connectivity index (χ0v) is 12.5. The van der Waals surface area contributed by atoms with Gasteiger partial charge in [0.2, 0.25) is 0 Å². The van der Waals surface area contributed by atoms with Gasteiger partial charge >= 0.3 is 0 Å². The highest BCUT2D eigenvalue weighted by molar-refractivity contribution is 5.20. The smallest absolute Gasteiger partial charge is 0.0206 e. The van der Waals surface area contributed by atoms with E-state index in [1.54, 1.807) is 0 Å². The second-order valence-electron chi connectivity index (χ2n) is 5.59. The van der Waals surface area contributed by atoms with Gasteiger partial charge in [-0.1, -0.05) is 29.8 Å². The lowest BCUT2D eigenvalue weighted by molar-refractivity contribution is 0.176. The van der Waals surface area contributed by atoms with E-state index in [0.29, 0.717) is 12.1 Å². The van der Waals surface area contributed by atoms with E-state index in [1.807, 2.05) is 0 Å². The van der Waals surface area contributed by atoms with Crippen molar-refractivity contribution in [2.24, 2.45) is 0 Å². The summed E-state index contributed by atoms with van der Waals surface area (Å²) >= 11 is 0. The Morgan fingerprint density at radius 2 is 1.56 bits per heavy atom. The predicted molar refractivity (Wildman–Crippen MR) is 79.9 cm³/mol. The standard InChI is InChI=1S/C16H28N2/c1-13(2)18(14(3)4)11-10-17-12-16-8-6-15(5)7-9-16/h6-9,13-14,17H,10-12H2,1-5H3. The van der Waals surface area contributed by atoms with Gasteiger partial charge in [0.25, 0.3) is 0 Å². The summed E-state index contributed by atoms with van der Waals surface area (Å²) < 4.78 is 0. The molecule has 0 fully saturated rings. The summed E-state index contributed by atoms with van der Waals surface area (Å²) in [7, 11) is 0. The van der Waals surface area contributed by atoms with Crippen LogP contribution in [0, 0.1) is 6.92 Å². The van der Waals surface area contributed by atoms with Crippen molar-refractivity contribution in [1.29, 1.82) is 0 Å². The molecule has 102 valence electrons. The van der Waals surface area contributed by atoms with Gasteiger partial charge in [-0.15, -0.1) is 0 Å². The highest BCUT2D eigenvalue weighted by atomic mass is 15.2. The van der Waals surface area contributed by atoms with Gasteiger partial charge in [-0.2, -0.15) is 0 Å². The monoisotopic (exact) mass is 248 g/mol. The summed E-state index contributed by atoms with van der Waals surface area (Å²) in [5.74, 6) is 0. The van der Waals surface area contributed by atoms with Crippen molar-refractivity contribution in [3.05, 3.63) is 35.4 Å². The first-order valence-electron chi connectivity index (χ1n) is 7.02. The summed E-state index contributed by atoms with van der Waals surface area (Å²) in [6.07, 6.45) is 0. The highest BCUT2D eigenvalue weighted by Gasteiger charge is 2.11. The van der Waals surface area contributed by atoms with E-state index in [0.717, 1.165) is 19.6 Å². The van der Waals surface area contributed by atoms with Crippen LogP contribution in [0.25, 0.3) is 0 Å². The highest BCUT2D eigenvalue weighted by Crippen LogP contribution is 2.04. The molecule has 0 spiro atoms. The van der Waals surface area contributed by atoms with Crippen molar-refractivity contribution in [2.75, 3.05) is 13.1 Å². The van der Waals surface area contributed by atoms with Gasteiger partial charge in [0.05, 0.1) is 0 Å². The Bertz CT molecular complexity index is 319. The molecule has 1 aromatic carbocycles. The number of benzene rings is 1. The SMILES string of the molecule is Cc1ccc(CNCCN(C(C)C)C(C)C)cc1. The van der Waals surface area contributed by atoms with Crippen LogP contribution in [-0.2, 0) is 6.54 Å². The minimum Gasteiger partial charge on any atom is -0.311 e. The Morgan fingerprint density at radius 3 is 2.06 bits per heavy atom. The maximum atomic E-state index is 3.52. The first kappa shape index (κ1) is 15.2. The molecule has 1 rings (SSSR count). The van der Waals surface area contributed by atoms with E-state index < -0.39 is 0 Å². The lowest BCUT2D eigenvalue weighted by Gasteiger charge is -2.30. The van der Waals surface area contributed by atoms with Crippen molar-refractivity contribution < 1.29 is 0 Å². The van der Waals surface area contributed by atoms with E-state index in [4.69, 9.17) is 0 Å². The van der Waals surface area contributed by atoms with Crippen LogP contribution in [0.1, 0.15) is 38.8 Å². The van der Waals surface area contributed by atoms with Crippen LogP contribution in [0.2, 0.25) is 0 Å². The van der Waals surface area contributed by atoms with Gasteiger partial charge in [-0.25, -0.2) is 0 Å². The Morgan fingerprint density at radius 1 is 1.00 bits per heavy atom. The Balaban J connectivity index is 2.27. The molecule has 0 saturated carbocycles. The molecular formula is C16H28N2. The molecule has 0 amide bonds. The molecule has 0 bridgehead atoms. The Kier molecular flexibility index (Phi) is 6.37. The molecule has 0 aliphatic carbocycles. The van der Waals surface area contributed by atoms with Crippen molar-refractivity contribution >= 4 is 0 Å². The van der Waals surface area contributed by atoms with E-state index in [9.17, 15) is 0 Å². The normalized spacial score (nSPS) is 11.8. The van der Waals surface area contributed by atoms with Gasteiger partial charge < -0.3 is 5.32 Å². The van der Waals surface area contributed by atoms with E-state index >= 15 is 0 Å². The van der Waals surface area contributed by atoms with Crippen molar-refractivity contribution in [2.45, 2.75) is 53.2 Å². The van der Waals surface area contributed by atoms with E-state index in [-0.39, 0.29) is 0 Å². The fraction of sp³-hybridized carbons (Fsp3) is 0.625. The summed E-state index contributed by atoms with van der Waals surface area (Å²) in [6, 6.07) is 9.98. The van der Waals surface area contributed by atoms with Gasteiger partial charge in [0.15, 0.2) is 0 Å². The number of rotatable bonds is 7. The third kappa shape index (κ3) is 5.19. The number of nitrogens with one attached hydrogen (secondary N) is 1. The molecule has 0 saturated heterocycles. The van der Waals surface area contributed by atoms with Crippen LogP contribution >= 0.6 is 0 Å². The summed E-state index contributed by atoms with van der Waals surface area (Å²) in [5.41, 5.74) is 2.69. The van der Waals surface area contributed by atoms with E-state index in [2.05, 4.69) is 69.1 Å². The minimum atomic E-state index is 0.617. The Labute approximate surface area is 112 Å². The molecule has 18 heavy (non-hydrogen) atoms. The fourth-order valence-electron chi connectivity index (χ4n) is 2.26.